The van der Waals surface area contributed by atoms with Gasteiger partial charge in [-0.1, -0.05) is 13.0 Å². The molecule has 22 heavy (non-hydrogen) atoms. The van der Waals surface area contributed by atoms with Crippen molar-refractivity contribution in [3.63, 3.8) is 0 Å². The maximum absolute atomic E-state index is 12.1. The number of nitrogens with zero attached hydrogens (tertiary/aromatic N) is 2. The van der Waals surface area contributed by atoms with Crippen LogP contribution in [0.1, 0.15) is 31.7 Å². The van der Waals surface area contributed by atoms with Crippen LogP contribution in [0.15, 0.2) is 18.2 Å². The lowest BCUT2D eigenvalue weighted by Crippen LogP contribution is -2.45. The molecule has 1 fully saturated rings. The predicted octanol–water partition coefficient (Wildman–Crippen LogP) is 2.10. The first kappa shape index (κ1) is 16.0. The second-order valence-corrected chi connectivity index (χ2v) is 5.36. The number of nitrogens with two attached hydrogens (primary N) is 1. The summed E-state index contributed by atoms with van der Waals surface area (Å²) < 4.78 is 5.75. The van der Waals surface area contributed by atoms with Gasteiger partial charge in [0.05, 0.1) is 11.7 Å². The van der Waals surface area contributed by atoms with E-state index in [1.165, 1.54) is 0 Å². The molecule has 1 aliphatic rings. The van der Waals surface area contributed by atoms with Crippen molar-refractivity contribution in [2.75, 3.05) is 25.4 Å². The lowest BCUT2D eigenvalue weighted by molar-refractivity contribution is 0.165. The van der Waals surface area contributed by atoms with Crippen LogP contribution < -0.4 is 15.8 Å². The number of hydrogen-bond acceptors (Lipinski definition) is 4. The highest BCUT2D eigenvalue weighted by atomic mass is 16.5. The van der Waals surface area contributed by atoms with Crippen LogP contribution in [-0.2, 0) is 0 Å². The summed E-state index contributed by atoms with van der Waals surface area (Å²) in [6.45, 7) is 3.81. The normalized spacial score (nSPS) is 17.1. The Morgan fingerprint density at radius 3 is 3.14 bits per heavy atom. The molecule has 1 heterocycles. The van der Waals surface area contributed by atoms with Crippen LogP contribution in [0.5, 0.6) is 5.75 Å². The zero-order valence-corrected chi connectivity index (χ0v) is 12.8. The SMILES string of the molecule is CCCNC(=O)N1CCC[C@H]1COc1cccc(N)c1C#N. The van der Waals surface area contributed by atoms with Gasteiger partial charge < -0.3 is 20.7 Å². The van der Waals surface area contributed by atoms with E-state index >= 15 is 0 Å². The molecule has 0 radical (unpaired) electrons. The number of urea groups is 1. The minimum atomic E-state index is -0.0407. The maximum atomic E-state index is 12.1. The third-order valence-electron chi connectivity index (χ3n) is 3.77. The summed E-state index contributed by atoms with van der Waals surface area (Å²) in [6.07, 6.45) is 2.79. The van der Waals surface area contributed by atoms with Gasteiger partial charge in [0.2, 0.25) is 0 Å². The molecule has 6 heteroatoms. The maximum Gasteiger partial charge on any atom is 0.317 e. The molecule has 118 valence electrons. The van der Waals surface area contributed by atoms with Crippen molar-refractivity contribution >= 4 is 11.7 Å². The molecular weight excluding hydrogens is 280 g/mol. The Balaban J connectivity index is 1.97. The number of nitrogen functional groups attached to an aromatic ring is 1. The zero-order valence-electron chi connectivity index (χ0n) is 12.8. The van der Waals surface area contributed by atoms with E-state index in [1.807, 2.05) is 11.8 Å². The Hall–Kier alpha value is -2.42. The molecule has 0 aromatic heterocycles. The number of ether oxygens (including phenoxy) is 1. The highest BCUT2D eigenvalue weighted by Crippen LogP contribution is 2.25. The highest BCUT2D eigenvalue weighted by Gasteiger charge is 2.29. The molecule has 1 aliphatic heterocycles. The molecule has 0 saturated carbocycles. The van der Waals surface area contributed by atoms with Gasteiger partial charge in [0.1, 0.15) is 24.0 Å². The largest absolute Gasteiger partial charge is 0.490 e. The number of anilines is 1. The summed E-state index contributed by atoms with van der Waals surface area (Å²) in [5, 5.41) is 12.0. The van der Waals surface area contributed by atoms with Gasteiger partial charge in [0.25, 0.3) is 0 Å². The molecule has 0 aliphatic carbocycles. The summed E-state index contributed by atoms with van der Waals surface area (Å²) in [4.78, 5) is 13.9. The average Bonchev–Trinajstić information content (AvgIpc) is 2.99. The molecule has 0 bridgehead atoms. The summed E-state index contributed by atoms with van der Waals surface area (Å²) >= 11 is 0. The van der Waals surface area contributed by atoms with Crippen molar-refractivity contribution in [1.82, 2.24) is 10.2 Å². The van der Waals surface area contributed by atoms with E-state index in [9.17, 15) is 4.79 Å². The topological polar surface area (TPSA) is 91.4 Å². The van der Waals surface area contributed by atoms with Crippen molar-refractivity contribution in [3.05, 3.63) is 23.8 Å². The number of benzene rings is 1. The minimum absolute atomic E-state index is 0.0322. The molecule has 1 saturated heterocycles. The van der Waals surface area contributed by atoms with Gasteiger partial charge in [-0.3, -0.25) is 0 Å². The van der Waals surface area contributed by atoms with Gasteiger partial charge in [0.15, 0.2) is 0 Å². The predicted molar refractivity (Wildman–Crippen MR) is 84.5 cm³/mol. The number of rotatable bonds is 5. The van der Waals surface area contributed by atoms with Gasteiger partial charge in [-0.2, -0.15) is 5.26 Å². The first-order chi connectivity index (χ1) is 10.7. The van der Waals surface area contributed by atoms with Crippen LogP contribution >= 0.6 is 0 Å². The molecule has 0 unspecified atom stereocenters. The first-order valence-electron chi connectivity index (χ1n) is 7.63. The van der Waals surface area contributed by atoms with Crippen molar-refractivity contribution in [2.24, 2.45) is 0 Å². The summed E-state index contributed by atoms with van der Waals surface area (Å²) in [5.74, 6) is 0.475. The molecule has 6 nitrogen and oxygen atoms in total. The monoisotopic (exact) mass is 302 g/mol. The average molecular weight is 302 g/mol. The number of carbonyl (C=O) groups is 1. The third kappa shape index (κ3) is 3.61. The van der Waals surface area contributed by atoms with Crippen molar-refractivity contribution < 1.29 is 9.53 Å². The van der Waals surface area contributed by atoms with Crippen molar-refractivity contribution in [1.29, 1.82) is 5.26 Å². The van der Waals surface area contributed by atoms with E-state index in [2.05, 4.69) is 11.4 Å². The van der Waals surface area contributed by atoms with E-state index < -0.39 is 0 Å². The van der Waals surface area contributed by atoms with E-state index in [0.717, 1.165) is 25.8 Å². The quantitative estimate of drug-likeness (QED) is 0.815. The van der Waals surface area contributed by atoms with Crippen molar-refractivity contribution in [2.45, 2.75) is 32.2 Å². The van der Waals surface area contributed by atoms with Crippen LogP contribution in [0.2, 0.25) is 0 Å². The van der Waals surface area contributed by atoms with E-state index in [4.69, 9.17) is 15.7 Å². The molecule has 3 N–H and O–H groups in total. The number of likely N-dealkylation sites (tertiary alicyclic amines) is 1. The molecular formula is C16H22N4O2. The second kappa shape index (κ2) is 7.55. The lowest BCUT2D eigenvalue weighted by atomic mass is 10.2. The highest BCUT2D eigenvalue weighted by molar-refractivity contribution is 5.74. The Bertz CT molecular complexity index is 568. The van der Waals surface area contributed by atoms with Crippen LogP contribution in [0.25, 0.3) is 0 Å². The Morgan fingerprint density at radius 1 is 1.59 bits per heavy atom. The number of nitrogens with one attached hydrogen (secondary N) is 1. The zero-order chi connectivity index (χ0) is 15.9. The van der Waals surface area contributed by atoms with Crippen LogP contribution in [0.4, 0.5) is 10.5 Å². The number of nitriles is 1. The Kier molecular flexibility index (Phi) is 5.48. The second-order valence-electron chi connectivity index (χ2n) is 5.36. The fraction of sp³-hybridized carbons (Fsp3) is 0.500. The molecule has 1 aromatic carbocycles. The van der Waals surface area contributed by atoms with Gasteiger partial charge in [0, 0.05) is 13.1 Å². The fourth-order valence-electron chi connectivity index (χ4n) is 2.58. The van der Waals surface area contributed by atoms with E-state index in [-0.39, 0.29) is 12.1 Å². The molecule has 1 aromatic rings. The first-order valence-corrected chi connectivity index (χ1v) is 7.63. The molecule has 2 rings (SSSR count). The fourth-order valence-corrected chi connectivity index (χ4v) is 2.58. The Labute approximate surface area is 130 Å². The Morgan fingerprint density at radius 2 is 2.41 bits per heavy atom. The van der Waals surface area contributed by atoms with Gasteiger partial charge >= 0.3 is 6.03 Å². The van der Waals surface area contributed by atoms with Crippen LogP contribution in [0.3, 0.4) is 0 Å². The number of hydrogen-bond donors (Lipinski definition) is 2. The lowest BCUT2D eigenvalue weighted by Gasteiger charge is -2.25. The van der Waals surface area contributed by atoms with Gasteiger partial charge in [-0.25, -0.2) is 4.79 Å². The van der Waals surface area contributed by atoms with Crippen LogP contribution in [0, 0.1) is 11.3 Å². The molecule has 1 atom stereocenters. The summed E-state index contributed by atoms with van der Waals surface area (Å²) in [7, 11) is 0. The number of amides is 2. The van der Waals surface area contributed by atoms with Crippen LogP contribution in [-0.4, -0.2) is 36.7 Å². The minimum Gasteiger partial charge on any atom is -0.490 e. The summed E-state index contributed by atoms with van der Waals surface area (Å²) in [6, 6.07) is 7.21. The van der Waals surface area contributed by atoms with Gasteiger partial charge in [-0.05, 0) is 31.4 Å². The van der Waals surface area contributed by atoms with Crippen molar-refractivity contribution in [3.8, 4) is 11.8 Å². The standard InChI is InChI=1S/C16H22N4O2/c1-2-8-19-16(21)20-9-4-5-12(20)11-22-15-7-3-6-14(18)13(15)10-17/h3,6-7,12H,2,4-5,8-9,11,18H2,1H3,(H,19,21)/t12-/m0/s1. The number of carbonyl (C=O) groups excluding carboxylic acids is 1. The third-order valence-corrected chi connectivity index (χ3v) is 3.77. The van der Waals surface area contributed by atoms with E-state index in [0.29, 0.717) is 30.2 Å². The summed E-state index contributed by atoms with van der Waals surface area (Å²) in [5.41, 5.74) is 6.52. The van der Waals surface area contributed by atoms with E-state index in [1.54, 1.807) is 18.2 Å². The van der Waals surface area contributed by atoms with Gasteiger partial charge in [-0.15, -0.1) is 0 Å². The molecule has 0 spiro atoms. The molecule has 2 amide bonds. The smallest absolute Gasteiger partial charge is 0.317 e.